The Bertz CT molecular complexity index is 572. The van der Waals surface area contributed by atoms with Gasteiger partial charge in [0.05, 0.1) is 4.90 Å². The number of benzene rings is 1. The second-order valence-electron chi connectivity index (χ2n) is 5.29. The van der Waals surface area contributed by atoms with Gasteiger partial charge in [-0.2, -0.15) is 0 Å². The fraction of sp³-hybridized carbons (Fsp3) is 0.500. The lowest BCUT2D eigenvalue weighted by Crippen LogP contribution is -2.34. The lowest BCUT2D eigenvalue weighted by molar-refractivity contribution is -0.138. The molecule has 110 valence electrons. The van der Waals surface area contributed by atoms with E-state index in [9.17, 15) is 13.2 Å². The zero-order valence-electron chi connectivity index (χ0n) is 11.4. The summed E-state index contributed by atoms with van der Waals surface area (Å²) >= 11 is 0. The molecule has 1 aromatic carbocycles. The molecule has 1 aromatic rings. The number of carboxylic acids is 1. The highest BCUT2D eigenvalue weighted by Gasteiger charge is 2.21. The summed E-state index contributed by atoms with van der Waals surface area (Å²) in [7, 11) is -3.16. The van der Waals surface area contributed by atoms with Gasteiger partial charge in [0.25, 0.3) is 0 Å². The van der Waals surface area contributed by atoms with E-state index in [2.05, 4.69) is 4.90 Å². The zero-order valence-corrected chi connectivity index (χ0v) is 12.3. The molecule has 1 aliphatic heterocycles. The van der Waals surface area contributed by atoms with Gasteiger partial charge in [-0.25, -0.2) is 8.42 Å². The van der Waals surface area contributed by atoms with Crippen LogP contribution in [-0.4, -0.2) is 38.8 Å². The summed E-state index contributed by atoms with van der Waals surface area (Å²) in [6, 6.07) is 6.86. The fourth-order valence-electron chi connectivity index (χ4n) is 2.55. The minimum Gasteiger partial charge on any atom is -0.481 e. The molecule has 0 atom stereocenters. The number of carbonyl (C=O) groups is 1. The molecule has 0 saturated carbocycles. The molecule has 1 saturated heterocycles. The fourth-order valence-corrected chi connectivity index (χ4v) is 3.18. The van der Waals surface area contributed by atoms with Crippen molar-refractivity contribution >= 4 is 21.5 Å². The van der Waals surface area contributed by atoms with Crippen LogP contribution in [0.1, 0.15) is 19.3 Å². The summed E-state index contributed by atoms with van der Waals surface area (Å²) in [6.07, 6.45) is 3.15. The molecule has 0 unspecified atom stereocenters. The number of piperidine rings is 1. The number of sulfone groups is 1. The smallest absolute Gasteiger partial charge is 0.303 e. The Morgan fingerprint density at radius 2 is 1.80 bits per heavy atom. The highest BCUT2D eigenvalue weighted by atomic mass is 32.2. The van der Waals surface area contributed by atoms with Crippen LogP contribution in [-0.2, 0) is 14.6 Å². The minimum atomic E-state index is -3.16. The molecule has 0 bridgehead atoms. The predicted octanol–water partition coefficient (Wildman–Crippen LogP) is 1.78. The second kappa shape index (κ2) is 5.83. The summed E-state index contributed by atoms with van der Waals surface area (Å²) in [5, 5.41) is 8.78. The Morgan fingerprint density at radius 3 is 2.25 bits per heavy atom. The summed E-state index contributed by atoms with van der Waals surface area (Å²) in [5.74, 6) is -0.486. The number of nitrogens with zero attached hydrogens (tertiary/aromatic N) is 1. The third kappa shape index (κ3) is 3.72. The van der Waals surface area contributed by atoms with E-state index in [-0.39, 0.29) is 12.3 Å². The first-order valence-corrected chi connectivity index (χ1v) is 8.52. The third-order valence-electron chi connectivity index (χ3n) is 3.71. The molecule has 6 heteroatoms. The van der Waals surface area contributed by atoms with Crippen molar-refractivity contribution in [1.29, 1.82) is 0 Å². The Balaban J connectivity index is 1.99. The summed E-state index contributed by atoms with van der Waals surface area (Å²) < 4.78 is 22.8. The predicted molar refractivity (Wildman–Crippen MR) is 76.7 cm³/mol. The van der Waals surface area contributed by atoms with E-state index in [1.165, 1.54) is 6.26 Å². The number of aliphatic carboxylic acids is 1. The molecule has 1 N–H and O–H groups in total. The van der Waals surface area contributed by atoms with Crippen molar-refractivity contribution in [2.24, 2.45) is 5.92 Å². The van der Waals surface area contributed by atoms with Gasteiger partial charge in [0, 0.05) is 31.5 Å². The van der Waals surface area contributed by atoms with Crippen molar-refractivity contribution in [3.8, 4) is 0 Å². The van der Waals surface area contributed by atoms with Crippen LogP contribution in [0, 0.1) is 5.92 Å². The van der Waals surface area contributed by atoms with Crippen molar-refractivity contribution in [2.75, 3.05) is 24.2 Å². The van der Waals surface area contributed by atoms with Crippen LogP contribution in [0.15, 0.2) is 29.2 Å². The highest BCUT2D eigenvalue weighted by Crippen LogP contribution is 2.26. The first-order chi connectivity index (χ1) is 9.36. The average molecular weight is 297 g/mol. The molecular formula is C14H19NO4S. The van der Waals surface area contributed by atoms with Gasteiger partial charge in [-0.05, 0) is 43.0 Å². The van der Waals surface area contributed by atoms with E-state index in [1.807, 2.05) is 12.1 Å². The molecule has 0 aliphatic carbocycles. The number of anilines is 1. The van der Waals surface area contributed by atoms with Crippen LogP contribution < -0.4 is 4.90 Å². The second-order valence-corrected chi connectivity index (χ2v) is 7.31. The zero-order chi connectivity index (χ0) is 14.8. The van der Waals surface area contributed by atoms with Crippen molar-refractivity contribution in [1.82, 2.24) is 0 Å². The topological polar surface area (TPSA) is 74.7 Å². The lowest BCUT2D eigenvalue weighted by Gasteiger charge is -2.33. The van der Waals surface area contributed by atoms with Crippen molar-refractivity contribution in [2.45, 2.75) is 24.2 Å². The van der Waals surface area contributed by atoms with Crippen LogP contribution in [0.4, 0.5) is 5.69 Å². The summed E-state index contributed by atoms with van der Waals surface area (Å²) in [6.45, 7) is 1.63. The molecule has 0 spiro atoms. The van der Waals surface area contributed by atoms with E-state index in [0.29, 0.717) is 4.90 Å². The Hall–Kier alpha value is -1.56. The molecule has 1 fully saturated rings. The van der Waals surface area contributed by atoms with Gasteiger partial charge in [0.2, 0.25) is 0 Å². The maximum absolute atomic E-state index is 11.4. The first kappa shape index (κ1) is 14.8. The van der Waals surface area contributed by atoms with Gasteiger partial charge in [0.15, 0.2) is 9.84 Å². The normalized spacial score (nSPS) is 17.1. The maximum Gasteiger partial charge on any atom is 0.303 e. The van der Waals surface area contributed by atoms with E-state index in [1.54, 1.807) is 12.1 Å². The number of hydrogen-bond acceptors (Lipinski definition) is 4. The van der Waals surface area contributed by atoms with Crippen LogP contribution in [0.25, 0.3) is 0 Å². The quantitative estimate of drug-likeness (QED) is 0.917. The van der Waals surface area contributed by atoms with E-state index in [4.69, 9.17) is 5.11 Å². The van der Waals surface area contributed by atoms with Gasteiger partial charge >= 0.3 is 5.97 Å². The standard InChI is InChI=1S/C14H19NO4S/c1-20(18,19)13-4-2-12(3-5-13)15-8-6-11(7-9-15)10-14(16)17/h2-5,11H,6-10H2,1H3,(H,16,17). The largest absolute Gasteiger partial charge is 0.481 e. The van der Waals surface area contributed by atoms with Gasteiger partial charge in [0.1, 0.15) is 0 Å². The number of hydrogen-bond donors (Lipinski definition) is 1. The molecule has 0 amide bonds. The first-order valence-electron chi connectivity index (χ1n) is 6.63. The molecule has 1 heterocycles. The van der Waals surface area contributed by atoms with Gasteiger partial charge in [-0.1, -0.05) is 0 Å². The van der Waals surface area contributed by atoms with Crippen molar-refractivity contribution < 1.29 is 18.3 Å². The van der Waals surface area contributed by atoms with E-state index in [0.717, 1.165) is 31.6 Å². The van der Waals surface area contributed by atoms with Crippen LogP contribution in [0.5, 0.6) is 0 Å². The van der Waals surface area contributed by atoms with Crippen LogP contribution in [0.3, 0.4) is 0 Å². The average Bonchev–Trinajstić information content (AvgIpc) is 2.38. The Labute approximate surface area is 119 Å². The number of rotatable bonds is 4. The molecule has 5 nitrogen and oxygen atoms in total. The van der Waals surface area contributed by atoms with E-state index >= 15 is 0 Å². The van der Waals surface area contributed by atoms with Crippen molar-refractivity contribution in [3.63, 3.8) is 0 Å². The van der Waals surface area contributed by atoms with Crippen LogP contribution in [0.2, 0.25) is 0 Å². The monoisotopic (exact) mass is 297 g/mol. The molecule has 20 heavy (non-hydrogen) atoms. The lowest BCUT2D eigenvalue weighted by atomic mass is 9.93. The van der Waals surface area contributed by atoms with Crippen molar-refractivity contribution in [3.05, 3.63) is 24.3 Å². The molecule has 1 aliphatic rings. The molecule has 0 radical (unpaired) electrons. The third-order valence-corrected chi connectivity index (χ3v) is 4.84. The van der Waals surface area contributed by atoms with Gasteiger partial charge in [-0.15, -0.1) is 0 Å². The van der Waals surface area contributed by atoms with Gasteiger partial charge < -0.3 is 10.0 Å². The molecule has 0 aromatic heterocycles. The van der Waals surface area contributed by atoms with Gasteiger partial charge in [-0.3, -0.25) is 4.79 Å². The van der Waals surface area contributed by atoms with E-state index < -0.39 is 15.8 Å². The number of carboxylic acid groups (broad SMARTS) is 1. The Morgan fingerprint density at radius 1 is 1.25 bits per heavy atom. The SMILES string of the molecule is CS(=O)(=O)c1ccc(N2CCC(CC(=O)O)CC2)cc1. The molecule has 2 rings (SSSR count). The highest BCUT2D eigenvalue weighted by molar-refractivity contribution is 7.90. The summed E-state index contributed by atoms with van der Waals surface area (Å²) in [4.78, 5) is 13.2. The Kier molecular flexibility index (Phi) is 4.32. The summed E-state index contributed by atoms with van der Waals surface area (Å²) in [5.41, 5.74) is 0.992. The minimum absolute atomic E-state index is 0.237. The molecular weight excluding hydrogens is 278 g/mol. The van der Waals surface area contributed by atoms with Crippen LogP contribution >= 0.6 is 0 Å². The maximum atomic E-state index is 11.4.